The lowest BCUT2D eigenvalue weighted by molar-refractivity contribution is -0.149. The van der Waals surface area contributed by atoms with E-state index >= 15 is 0 Å². The van der Waals surface area contributed by atoms with E-state index in [4.69, 9.17) is 42.1 Å². The molecule has 220 valence electrons. The molecule has 3 aromatic carbocycles. The lowest BCUT2D eigenvalue weighted by Crippen LogP contribution is -2.40. The van der Waals surface area contributed by atoms with Crippen molar-refractivity contribution in [1.29, 1.82) is 0 Å². The molecule has 1 unspecified atom stereocenters. The van der Waals surface area contributed by atoms with E-state index in [1.165, 1.54) is 0 Å². The van der Waals surface area contributed by atoms with Crippen LogP contribution in [0, 0.1) is 0 Å². The number of amides is 2. The van der Waals surface area contributed by atoms with E-state index in [0.717, 1.165) is 11.1 Å². The number of carboxylic acids is 1. The molecule has 2 amide bonds. The van der Waals surface area contributed by atoms with Crippen molar-refractivity contribution >= 4 is 40.9 Å². The fraction of sp³-hybridized carbons (Fsp3) is 0.333. The van der Waals surface area contributed by atoms with Gasteiger partial charge >= 0.3 is 12.0 Å². The van der Waals surface area contributed by atoms with Gasteiger partial charge in [0.15, 0.2) is 6.10 Å². The quantitative estimate of drug-likeness (QED) is 0.188. The van der Waals surface area contributed by atoms with Crippen LogP contribution >= 0.6 is 23.2 Å². The highest BCUT2D eigenvalue weighted by atomic mass is 35.5. The van der Waals surface area contributed by atoms with Crippen molar-refractivity contribution in [3.63, 3.8) is 0 Å². The van der Waals surface area contributed by atoms with Crippen LogP contribution in [0.5, 0.6) is 11.5 Å². The van der Waals surface area contributed by atoms with Crippen molar-refractivity contribution in [2.75, 3.05) is 45.3 Å². The summed E-state index contributed by atoms with van der Waals surface area (Å²) < 4.78 is 22.2. The maximum atomic E-state index is 13.1. The third-order valence-electron chi connectivity index (χ3n) is 5.92. The number of urea groups is 1. The zero-order valence-corrected chi connectivity index (χ0v) is 24.5. The van der Waals surface area contributed by atoms with Gasteiger partial charge in [0.2, 0.25) is 0 Å². The lowest BCUT2D eigenvalue weighted by atomic mass is 10.1. The Kier molecular flexibility index (Phi) is 13.0. The van der Waals surface area contributed by atoms with Crippen molar-refractivity contribution < 1.29 is 33.6 Å². The van der Waals surface area contributed by atoms with Gasteiger partial charge in [-0.3, -0.25) is 0 Å². The number of aliphatic carboxylic acids is 1. The van der Waals surface area contributed by atoms with Crippen LogP contribution in [0.1, 0.15) is 18.1 Å². The summed E-state index contributed by atoms with van der Waals surface area (Å²) in [7, 11) is 1.56. The Morgan fingerprint density at radius 3 is 2.29 bits per heavy atom. The third-order valence-corrected chi connectivity index (χ3v) is 6.36. The number of methoxy groups -OCH3 is 1. The smallest absolute Gasteiger partial charge is 0.333 e. The van der Waals surface area contributed by atoms with Gasteiger partial charge in [-0.05, 0) is 60.5 Å². The number of carboxylic acid groups (broad SMARTS) is 1. The number of halogens is 2. The standard InChI is InChI=1S/C30H34Cl2N2O7/c1-3-40-28(29(35)36)17-21-7-9-26(10-8-21)41-14-12-34(30(37)33-25-5-4-6-27(19-25)38-2)11-13-39-20-22-15-23(31)18-24(32)16-22/h4-10,15-16,18-19,28H,3,11-14,17,20H2,1-2H3,(H,33,37)(H,35,36). The number of carbonyl (C=O) groups is 2. The molecule has 0 heterocycles. The van der Waals surface area contributed by atoms with Crippen LogP contribution in [0.15, 0.2) is 66.7 Å². The minimum Gasteiger partial charge on any atom is -0.497 e. The van der Waals surface area contributed by atoms with Crippen LogP contribution < -0.4 is 14.8 Å². The Balaban J connectivity index is 1.57. The van der Waals surface area contributed by atoms with Gasteiger partial charge in [0.05, 0.1) is 26.9 Å². The van der Waals surface area contributed by atoms with Gasteiger partial charge in [0.1, 0.15) is 18.1 Å². The Hall–Kier alpha value is -3.50. The van der Waals surface area contributed by atoms with Gasteiger partial charge in [-0.15, -0.1) is 0 Å². The van der Waals surface area contributed by atoms with Gasteiger partial charge in [-0.1, -0.05) is 41.4 Å². The molecule has 3 aromatic rings. The molecule has 0 aliphatic carbocycles. The van der Waals surface area contributed by atoms with Crippen LogP contribution in [0.4, 0.5) is 10.5 Å². The van der Waals surface area contributed by atoms with Crippen LogP contribution in [0.2, 0.25) is 10.0 Å². The van der Waals surface area contributed by atoms with E-state index < -0.39 is 12.1 Å². The molecule has 0 aromatic heterocycles. The summed E-state index contributed by atoms with van der Waals surface area (Å²) in [6.45, 7) is 3.46. The number of ether oxygens (including phenoxy) is 4. The van der Waals surface area contributed by atoms with E-state index in [1.807, 2.05) is 0 Å². The summed E-state index contributed by atoms with van der Waals surface area (Å²) in [5, 5.41) is 13.2. The molecule has 1 atom stereocenters. The van der Waals surface area contributed by atoms with E-state index in [9.17, 15) is 14.7 Å². The number of hydrogen-bond acceptors (Lipinski definition) is 6. The summed E-state index contributed by atoms with van der Waals surface area (Å²) in [5.41, 5.74) is 2.24. The van der Waals surface area contributed by atoms with Crippen LogP contribution in [0.25, 0.3) is 0 Å². The van der Waals surface area contributed by atoms with Crippen molar-refractivity contribution in [2.45, 2.75) is 26.1 Å². The maximum Gasteiger partial charge on any atom is 0.333 e. The first-order valence-electron chi connectivity index (χ1n) is 13.1. The second-order valence-electron chi connectivity index (χ2n) is 8.96. The van der Waals surface area contributed by atoms with Crippen molar-refractivity contribution in [3.05, 3.63) is 87.9 Å². The average Bonchev–Trinajstić information content (AvgIpc) is 2.94. The van der Waals surface area contributed by atoms with Gasteiger partial charge in [-0.2, -0.15) is 0 Å². The molecule has 0 aliphatic heterocycles. The van der Waals surface area contributed by atoms with Gasteiger partial charge in [0, 0.05) is 41.4 Å². The van der Waals surface area contributed by atoms with E-state index in [2.05, 4.69) is 5.32 Å². The van der Waals surface area contributed by atoms with Crippen LogP contribution in [-0.2, 0) is 27.3 Å². The molecule has 41 heavy (non-hydrogen) atoms. The summed E-state index contributed by atoms with van der Waals surface area (Å²) in [6.07, 6.45) is -0.648. The van der Waals surface area contributed by atoms with Gasteiger partial charge in [-0.25, -0.2) is 9.59 Å². The molecular formula is C30H34Cl2N2O7. The highest BCUT2D eigenvalue weighted by molar-refractivity contribution is 6.34. The van der Waals surface area contributed by atoms with E-state index in [-0.39, 0.29) is 32.2 Å². The fourth-order valence-electron chi connectivity index (χ4n) is 3.91. The molecular weight excluding hydrogens is 571 g/mol. The lowest BCUT2D eigenvalue weighted by Gasteiger charge is -2.23. The Bertz CT molecular complexity index is 1250. The molecule has 0 saturated carbocycles. The number of carbonyl (C=O) groups excluding carboxylic acids is 1. The summed E-state index contributed by atoms with van der Waals surface area (Å²) in [4.78, 5) is 26.1. The van der Waals surface area contributed by atoms with Crippen molar-refractivity contribution in [3.8, 4) is 11.5 Å². The third kappa shape index (κ3) is 11.1. The first kappa shape index (κ1) is 32.0. The molecule has 9 nitrogen and oxygen atoms in total. The molecule has 0 spiro atoms. The largest absolute Gasteiger partial charge is 0.497 e. The Labute approximate surface area is 249 Å². The molecule has 0 bridgehead atoms. The summed E-state index contributed by atoms with van der Waals surface area (Å²) in [6, 6.07) is 19.1. The van der Waals surface area contributed by atoms with E-state index in [1.54, 1.807) is 85.7 Å². The normalized spacial score (nSPS) is 11.5. The molecule has 3 rings (SSSR count). The SMILES string of the molecule is CCOC(Cc1ccc(OCCN(CCOCc2cc(Cl)cc(Cl)c2)C(=O)Nc2cccc(OC)c2)cc1)C(=O)O. The molecule has 0 aliphatic rings. The maximum absolute atomic E-state index is 13.1. The minimum atomic E-state index is -1.00. The Morgan fingerprint density at radius 2 is 1.63 bits per heavy atom. The predicted octanol–water partition coefficient (Wildman–Crippen LogP) is 6.16. The second-order valence-corrected chi connectivity index (χ2v) is 9.83. The van der Waals surface area contributed by atoms with Gasteiger partial charge < -0.3 is 34.3 Å². The highest BCUT2D eigenvalue weighted by Crippen LogP contribution is 2.20. The average molecular weight is 606 g/mol. The number of anilines is 1. The van der Waals surface area contributed by atoms with E-state index in [0.29, 0.717) is 47.0 Å². The zero-order chi connectivity index (χ0) is 29.6. The number of nitrogens with zero attached hydrogens (tertiary/aromatic N) is 1. The minimum absolute atomic E-state index is 0.228. The predicted molar refractivity (Wildman–Crippen MR) is 158 cm³/mol. The Morgan fingerprint density at radius 1 is 0.927 bits per heavy atom. The van der Waals surface area contributed by atoms with Crippen LogP contribution in [0.3, 0.4) is 0 Å². The zero-order valence-electron chi connectivity index (χ0n) is 23.0. The fourth-order valence-corrected chi connectivity index (χ4v) is 4.48. The molecule has 2 N–H and O–H groups in total. The molecule has 0 radical (unpaired) electrons. The first-order chi connectivity index (χ1) is 19.8. The van der Waals surface area contributed by atoms with Crippen LogP contribution in [-0.4, -0.2) is 68.1 Å². The topological polar surface area (TPSA) is 107 Å². The number of hydrogen-bond donors (Lipinski definition) is 2. The summed E-state index contributed by atoms with van der Waals surface area (Å²) >= 11 is 12.1. The highest BCUT2D eigenvalue weighted by Gasteiger charge is 2.18. The van der Waals surface area contributed by atoms with Crippen molar-refractivity contribution in [1.82, 2.24) is 4.90 Å². The number of nitrogens with one attached hydrogen (secondary N) is 1. The first-order valence-corrected chi connectivity index (χ1v) is 13.8. The number of benzene rings is 3. The van der Waals surface area contributed by atoms with Gasteiger partial charge in [0.25, 0.3) is 0 Å². The van der Waals surface area contributed by atoms with Crippen molar-refractivity contribution in [2.24, 2.45) is 0 Å². The summed E-state index contributed by atoms with van der Waals surface area (Å²) in [5.74, 6) is 0.222. The second kappa shape index (κ2) is 16.7. The number of rotatable bonds is 16. The molecule has 0 fully saturated rings. The monoisotopic (exact) mass is 604 g/mol. The molecule has 11 heteroatoms. The molecule has 0 saturated heterocycles.